The van der Waals surface area contributed by atoms with Gasteiger partial charge in [0, 0.05) is 0 Å². The van der Waals surface area contributed by atoms with E-state index in [4.69, 9.17) is 5.26 Å². The highest BCUT2D eigenvalue weighted by atomic mass is 19.1. The fourth-order valence-corrected chi connectivity index (χ4v) is 5.21. The molecule has 0 aliphatic heterocycles. The molecule has 0 saturated heterocycles. The lowest BCUT2D eigenvalue weighted by Crippen LogP contribution is -2.22. The third kappa shape index (κ3) is 7.94. The predicted molar refractivity (Wildman–Crippen MR) is 117 cm³/mol. The van der Waals surface area contributed by atoms with Crippen LogP contribution in [0.3, 0.4) is 0 Å². The van der Waals surface area contributed by atoms with Crippen molar-refractivity contribution in [3.8, 4) is 6.07 Å². The van der Waals surface area contributed by atoms with Crippen LogP contribution in [-0.4, -0.2) is 0 Å². The maximum atomic E-state index is 12.8. The highest BCUT2D eigenvalue weighted by Gasteiger charge is 2.28. The lowest BCUT2D eigenvalue weighted by Gasteiger charge is -2.35. The van der Waals surface area contributed by atoms with Crippen LogP contribution >= 0.6 is 0 Å². The van der Waals surface area contributed by atoms with Crippen LogP contribution in [0.4, 0.5) is 4.39 Å². The Morgan fingerprint density at radius 2 is 1.57 bits per heavy atom. The summed E-state index contributed by atoms with van der Waals surface area (Å²) in [5.74, 6) is 2.21. The van der Waals surface area contributed by atoms with Gasteiger partial charge in [-0.05, 0) is 81.1 Å². The zero-order valence-electron chi connectivity index (χ0n) is 18.0. The molecule has 0 aromatic carbocycles. The highest BCUT2D eigenvalue weighted by Crippen LogP contribution is 2.42. The van der Waals surface area contributed by atoms with E-state index < -0.39 is 5.83 Å². The van der Waals surface area contributed by atoms with Crippen molar-refractivity contribution in [2.75, 3.05) is 0 Å². The Morgan fingerprint density at radius 1 is 0.964 bits per heavy atom. The molecule has 2 fully saturated rings. The number of allylic oxidation sites excluding steroid dienone is 5. The topological polar surface area (TPSA) is 23.8 Å². The normalized spacial score (nSPS) is 29.0. The van der Waals surface area contributed by atoms with E-state index in [1.54, 1.807) is 6.08 Å². The number of nitrogens with zero attached hydrogens (tertiary/aromatic N) is 1. The number of halogens is 1. The van der Waals surface area contributed by atoms with Crippen LogP contribution in [0.1, 0.15) is 96.8 Å². The van der Waals surface area contributed by atoms with Gasteiger partial charge in [0.1, 0.15) is 6.07 Å². The molecule has 156 valence electrons. The van der Waals surface area contributed by atoms with Gasteiger partial charge in [0.2, 0.25) is 0 Å². The molecule has 0 spiro atoms. The molecule has 2 rings (SSSR count). The van der Waals surface area contributed by atoms with Crippen LogP contribution < -0.4 is 0 Å². The Bertz CT molecular complexity index is 551. The molecule has 1 nitrogen and oxygen atoms in total. The largest absolute Gasteiger partial charge is 0.199 e. The average molecular weight is 386 g/mol. The van der Waals surface area contributed by atoms with E-state index in [2.05, 4.69) is 19.6 Å². The van der Waals surface area contributed by atoms with Crippen LogP contribution in [0, 0.1) is 35.0 Å². The second-order valence-corrected chi connectivity index (χ2v) is 9.12. The molecule has 0 aromatic rings. The van der Waals surface area contributed by atoms with Gasteiger partial charge in [0.15, 0.2) is 5.83 Å². The Kier molecular flexibility index (Phi) is 10.6. The van der Waals surface area contributed by atoms with Gasteiger partial charge in [0.05, 0.1) is 0 Å². The van der Waals surface area contributed by atoms with Gasteiger partial charge in [-0.1, -0.05) is 69.8 Å². The summed E-state index contributed by atoms with van der Waals surface area (Å²) in [6.45, 7) is 6.82. The monoisotopic (exact) mass is 385 g/mol. The Hall–Kier alpha value is -1.36. The Labute approximate surface area is 172 Å². The molecule has 28 heavy (non-hydrogen) atoms. The van der Waals surface area contributed by atoms with Crippen molar-refractivity contribution in [1.82, 2.24) is 0 Å². The van der Waals surface area contributed by atoms with E-state index in [0.717, 1.165) is 24.7 Å². The van der Waals surface area contributed by atoms with Crippen molar-refractivity contribution < 1.29 is 4.39 Å². The quantitative estimate of drug-likeness (QED) is 0.160. The van der Waals surface area contributed by atoms with Gasteiger partial charge in [-0.3, -0.25) is 0 Å². The molecule has 0 amide bonds. The number of rotatable bonds is 10. The number of nitriles is 1. The fraction of sp³-hybridized carbons (Fsp3) is 0.731. The summed E-state index contributed by atoms with van der Waals surface area (Å²) in [7, 11) is 0. The van der Waals surface area contributed by atoms with Crippen LogP contribution in [0.5, 0.6) is 0 Å². The van der Waals surface area contributed by atoms with E-state index >= 15 is 0 Å². The molecule has 2 heteroatoms. The third-order valence-corrected chi connectivity index (χ3v) is 7.12. The van der Waals surface area contributed by atoms with Crippen molar-refractivity contribution in [3.63, 3.8) is 0 Å². The van der Waals surface area contributed by atoms with Gasteiger partial charge in [-0.2, -0.15) is 9.65 Å². The molecule has 2 aliphatic carbocycles. The van der Waals surface area contributed by atoms with E-state index in [1.807, 2.05) is 0 Å². The number of hydrogen-bond donors (Lipinski definition) is 0. The van der Waals surface area contributed by atoms with Gasteiger partial charge in [0.25, 0.3) is 0 Å². The van der Waals surface area contributed by atoms with E-state index in [1.165, 1.54) is 94.8 Å². The first kappa shape index (κ1) is 22.9. The first-order valence-electron chi connectivity index (χ1n) is 11.8. The second-order valence-electron chi connectivity index (χ2n) is 9.12. The van der Waals surface area contributed by atoms with Gasteiger partial charge >= 0.3 is 0 Å². The third-order valence-electron chi connectivity index (χ3n) is 7.12. The van der Waals surface area contributed by atoms with Crippen molar-refractivity contribution >= 4 is 0 Å². The molecule has 0 radical (unpaired) electrons. The van der Waals surface area contributed by atoms with E-state index in [-0.39, 0.29) is 0 Å². The molecule has 0 N–H and O–H groups in total. The lowest BCUT2D eigenvalue weighted by molar-refractivity contribution is 0.252. The van der Waals surface area contributed by atoms with Crippen molar-refractivity contribution in [2.45, 2.75) is 96.8 Å². The zero-order valence-corrected chi connectivity index (χ0v) is 18.0. The smallest absolute Gasteiger partial charge is 0.195 e. The molecule has 2 saturated carbocycles. The lowest BCUT2D eigenvalue weighted by atomic mass is 9.70. The van der Waals surface area contributed by atoms with E-state index in [9.17, 15) is 4.39 Å². The zero-order chi connectivity index (χ0) is 20.2. The minimum atomic E-state index is -0.713. The molecule has 0 atom stereocenters. The standard InChI is InChI=1S/C26H40FN/c1-3-4-5-6-7-9-22-12-16-24(17-13-22)21(2)25-18-14-23(15-19-25)10-8-11-26(27)20-28/h8,10-11,22-25H,2-7,9,12-19H2,1H3. The second kappa shape index (κ2) is 13.0. The summed E-state index contributed by atoms with van der Waals surface area (Å²) in [5, 5.41) is 8.44. The molecule has 2 aliphatic rings. The van der Waals surface area contributed by atoms with Crippen molar-refractivity contribution in [2.24, 2.45) is 23.7 Å². The summed E-state index contributed by atoms with van der Waals surface area (Å²) in [5.41, 5.74) is 1.53. The molecule has 0 bridgehead atoms. The Morgan fingerprint density at radius 3 is 2.18 bits per heavy atom. The van der Waals surface area contributed by atoms with Crippen molar-refractivity contribution in [3.05, 3.63) is 36.2 Å². The average Bonchev–Trinajstić information content (AvgIpc) is 2.74. The number of hydrogen-bond acceptors (Lipinski definition) is 1. The van der Waals surface area contributed by atoms with Gasteiger partial charge < -0.3 is 0 Å². The highest BCUT2D eigenvalue weighted by molar-refractivity contribution is 5.19. The summed E-state index contributed by atoms with van der Waals surface area (Å²) >= 11 is 0. The van der Waals surface area contributed by atoms with Crippen LogP contribution in [0.25, 0.3) is 0 Å². The minimum Gasteiger partial charge on any atom is -0.195 e. The SMILES string of the molecule is C=C(C1CCC(C=CC=C(F)C#N)CC1)C1CCC(CCCCCCC)CC1. The van der Waals surface area contributed by atoms with Gasteiger partial charge in [-0.25, -0.2) is 0 Å². The predicted octanol–water partition coefficient (Wildman–Crippen LogP) is 8.45. The first-order chi connectivity index (χ1) is 13.6. The first-order valence-corrected chi connectivity index (χ1v) is 11.8. The summed E-state index contributed by atoms with van der Waals surface area (Å²) in [4.78, 5) is 0. The maximum absolute atomic E-state index is 12.8. The Balaban J connectivity index is 1.64. The van der Waals surface area contributed by atoms with Crippen LogP contribution in [-0.2, 0) is 0 Å². The molecule has 0 heterocycles. The molecule has 0 aromatic heterocycles. The fourth-order valence-electron chi connectivity index (χ4n) is 5.21. The summed E-state index contributed by atoms with van der Waals surface area (Å²) in [6.07, 6.45) is 23.8. The van der Waals surface area contributed by atoms with Crippen molar-refractivity contribution in [1.29, 1.82) is 5.26 Å². The van der Waals surface area contributed by atoms with Crippen LogP contribution in [0.2, 0.25) is 0 Å². The summed E-state index contributed by atoms with van der Waals surface area (Å²) in [6, 6.07) is 1.51. The number of unbranched alkanes of at least 4 members (excludes halogenated alkanes) is 4. The molecular weight excluding hydrogens is 345 g/mol. The summed E-state index contributed by atoms with van der Waals surface area (Å²) < 4.78 is 12.8. The van der Waals surface area contributed by atoms with Gasteiger partial charge in [-0.15, -0.1) is 0 Å². The van der Waals surface area contributed by atoms with E-state index in [0.29, 0.717) is 11.8 Å². The molecular formula is C26H40FN. The maximum Gasteiger partial charge on any atom is 0.199 e. The molecule has 0 unspecified atom stereocenters. The van der Waals surface area contributed by atoms with Crippen LogP contribution in [0.15, 0.2) is 36.2 Å². The minimum absolute atomic E-state index is 0.523.